The molecule has 0 saturated heterocycles. The molecule has 41 heavy (non-hydrogen) atoms. The number of benzene rings is 4. The monoisotopic (exact) mass is 676 g/mol. The Morgan fingerprint density at radius 3 is 1.32 bits per heavy atom. The average molecular weight is 678 g/mol. The highest BCUT2D eigenvalue weighted by atomic mass is 79.9. The maximum atomic E-state index is 13.1. The summed E-state index contributed by atoms with van der Waals surface area (Å²) in [4.78, 5) is 54.9. The number of imide groups is 2. The first-order valence-corrected chi connectivity index (χ1v) is 15.0. The molecule has 0 bridgehead atoms. The summed E-state index contributed by atoms with van der Waals surface area (Å²) in [5.74, 6) is -1.10. The molecule has 4 aromatic carbocycles. The van der Waals surface area contributed by atoms with E-state index in [0.717, 1.165) is 26.1 Å². The molecule has 2 heterocycles. The van der Waals surface area contributed by atoms with Gasteiger partial charge in [0.1, 0.15) is 0 Å². The lowest BCUT2D eigenvalue weighted by atomic mass is 9.94. The summed E-state index contributed by atoms with van der Waals surface area (Å²) in [6.07, 6.45) is 0.802. The van der Waals surface area contributed by atoms with E-state index in [1.165, 1.54) is 9.80 Å². The third kappa shape index (κ3) is 4.88. The summed E-state index contributed by atoms with van der Waals surface area (Å²) in [5.41, 5.74) is 2.17. The summed E-state index contributed by atoms with van der Waals surface area (Å²) >= 11 is 7.02. The zero-order valence-electron chi connectivity index (χ0n) is 22.0. The summed E-state index contributed by atoms with van der Waals surface area (Å²) in [7, 11) is 0. The summed E-state index contributed by atoms with van der Waals surface area (Å²) in [6.45, 7) is 2.90. The molecule has 0 aromatic heterocycles. The smallest absolute Gasteiger partial charge is 0.261 e. The van der Waals surface area contributed by atoms with E-state index in [4.69, 9.17) is 0 Å². The molecule has 0 aliphatic carbocycles. The molecule has 0 unspecified atom stereocenters. The largest absolute Gasteiger partial charge is 0.315 e. The van der Waals surface area contributed by atoms with E-state index < -0.39 is 0 Å². The molecule has 4 aromatic rings. The number of rotatable bonds is 10. The van der Waals surface area contributed by atoms with E-state index in [9.17, 15) is 19.2 Å². The molecule has 208 valence electrons. The van der Waals surface area contributed by atoms with Gasteiger partial charge in [0.25, 0.3) is 23.6 Å². The Morgan fingerprint density at radius 2 is 0.902 bits per heavy atom. The highest BCUT2D eigenvalue weighted by Crippen LogP contribution is 2.35. The van der Waals surface area contributed by atoms with Crippen LogP contribution in [-0.4, -0.2) is 72.7 Å². The van der Waals surface area contributed by atoms with Crippen LogP contribution in [0.2, 0.25) is 0 Å². The fourth-order valence-electron chi connectivity index (χ4n) is 5.60. The van der Waals surface area contributed by atoms with E-state index in [2.05, 4.69) is 42.5 Å². The molecule has 0 spiro atoms. The molecule has 2 N–H and O–H groups in total. The van der Waals surface area contributed by atoms with Crippen molar-refractivity contribution < 1.29 is 19.2 Å². The Kier molecular flexibility index (Phi) is 7.74. The Bertz CT molecular complexity index is 1580. The maximum Gasteiger partial charge on any atom is 0.261 e. The van der Waals surface area contributed by atoms with Crippen molar-refractivity contribution in [3.05, 3.63) is 91.9 Å². The van der Waals surface area contributed by atoms with Crippen molar-refractivity contribution in [1.82, 2.24) is 20.4 Å². The second-order valence-corrected chi connectivity index (χ2v) is 11.7. The fraction of sp³-hybridized carbons (Fsp3) is 0.226. The highest BCUT2D eigenvalue weighted by molar-refractivity contribution is 9.11. The number of hydrogen-bond donors (Lipinski definition) is 2. The van der Waals surface area contributed by atoms with E-state index in [0.29, 0.717) is 59.2 Å². The van der Waals surface area contributed by atoms with Crippen LogP contribution >= 0.6 is 31.9 Å². The minimum absolute atomic E-state index is 0.275. The van der Waals surface area contributed by atoms with Crippen molar-refractivity contribution in [2.45, 2.75) is 6.42 Å². The normalized spacial score (nSPS) is 14.6. The number of hydrogen-bond acceptors (Lipinski definition) is 6. The third-order valence-electron chi connectivity index (χ3n) is 7.61. The van der Waals surface area contributed by atoms with Crippen LogP contribution < -0.4 is 10.6 Å². The minimum Gasteiger partial charge on any atom is -0.315 e. The molecular formula is C31H26Br2N4O4. The van der Waals surface area contributed by atoms with Crippen molar-refractivity contribution in [1.29, 1.82) is 0 Å². The molecule has 2 aliphatic rings. The van der Waals surface area contributed by atoms with Gasteiger partial charge in [-0.2, -0.15) is 0 Å². The van der Waals surface area contributed by atoms with Gasteiger partial charge < -0.3 is 10.6 Å². The topological polar surface area (TPSA) is 98.8 Å². The van der Waals surface area contributed by atoms with Gasteiger partial charge in [0.05, 0.1) is 0 Å². The lowest BCUT2D eigenvalue weighted by molar-refractivity contribution is 0.0597. The van der Waals surface area contributed by atoms with Gasteiger partial charge in [-0.15, -0.1) is 0 Å². The van der Waals surface area contributed by atoms with Crippen LogP contribution in [0.5, 0.6) is 0 Å². The van der Waals surface area contributed by atoms with Crippen LogP contribution in [0.4, 0.5) is 0 Å². The van der Waals surface area contributed by atoms with E-state index in [-0.39, 0.29) is 36.7 Å². The van der Waals surface area contributed by atoms with E-state index in [1.807, 2.05) is 36.4 Å². The molecule has 0 fully saturated rings. The molecule has 6 rings (SSSR count). The van der Waals surface area contributed by atoms with Crippen molar-refractivity contribution in [3.8, 4) is 0 Å². The quantitative estimate of drug-likeness (QED) is 0.182. The van der Waals surface area contributed by atoms with Crippen LogP contribution in [0.25, 0.3) is 21.5 Å². The van der Waals surface area contributed by atoms with Gasteiger partial charge in [-0.3, -0.25) is 29.0 Å². The zero-order valence-corrected chi connectivity index (χ0v) is 25.2. The second-order valence-electron chi connectivity index (χ2n) is 10.0. The van der Waals surface area contributed by atoms with Crippen LogP contribution in [0.3, 0.4) is 0 Å². The first-order chi connectivity index (χ1) is 19.9. The van der Waals surface area contributed by atoms with Crippen LogP contribution in [-0.2, 0) is 0 Å². The number of halogens is 2. The SMILES string of the molecule is O=C1c2cccc3c(Br)ccc(c23)C(=O)N1CCNCCCNCCN1C(=O)c2cccc3c(Br)ccc(c23)C1=O. The molecule has 10 heteroatoms. The lowest BCUT2D eigenvalue weighted by Crippen LogP contribution is -2.44. The van der Waals surface area contributed by atoms with Crippen LogP contribution in [0.15, 0.2) is 69.6 Å². The standard InChI is InChI=1S/C31H26Br2N4O4/c32-24-10-8-22-26-18(24)4-1-6-20(26)28(38)36(30(22)40)16-14-34-12-3-13-35-15-17-37-29(39)21-7-2-5-19-25(33)11-9-23(27(19)21)31(37)41/h1-2,4-11,34-35H,3,12-17H2. The number of carbonyl (C=O) groups excluding carboxylic acids is 4. The molecule has 0 saturated carbocycles. The highest BCUT2D eigenvalue weighted by Gasteiger charge is 2.34. The van der Waals surface area contributed by atoms with Gasteiger partial charge in [-0.1, -0.05) is 56.1 Å². The predicted molar refractivity (Wildman–Crippen MR) is 164 cm³/mol. The molecule has 0 radical (unpaired) electrons. The van der Waals surface area contributed by atoms with Crippen LogP contribution in [0.1, 0.15) is 47.9 Å². The lowest BCUT2D eigenvalue weighted by Gasteiger charge is -2.27. The van der Waals surface area contributed by atoms with Gasteiger partial charge in [0, 0.05) is 68.2 Å². The van der Waals surface area contributed by atoms with Gasteiger partial charge in [0.2, 0.25) is 0 Å². The summed E-state index contributed by atoms with van der Waals surface area (Å²) in [5, 5.41) is 9.72. The Morgan fingerprint density at radius 1 is 0.512 bits per heavy atom. The first kappa shape index (κ1) is 27.7. The summed E-state index contributed by atoms with van der Waals surface area (Å²) in [6, 6.07) is 18.2. The molecule has 2 aliphatic heterocycles. The van der Waals surface area contributed by atoms with E-state index >= 15 is 0 Å². The Balaban J connectivity index is 0.949. The second kappa shape index (κ2) is 11.4. The van der Waals surface area contributed by atoms with Crippen molar-refractivity contribution in [2.75, 3.05) is 39.3 Å². The Hall–Kier alpha value is -3.44. The first-order valence-electron chi connectivity index (χ1n) is 13.4. The van der Waals surface area contributed by atoms with Crippen molar-refractivity contribution in [2.24, 2.45) is 0 Å². The minimum atomic E-state index is -0.275. The average Bonchev–Trinajstić information content (AvgIpc) is 2.98. The van der Waals surface area contributed by atoms with Gasteiger partial charge in [-0.25, -0.2) is 0 Å². The molecule has 0 atom stereocenters. The molecular weight excluding hydrogens is 652 g/mol. The Labute approximate surface area is 253 Å². The number of nitrogens with one attached hydrogen (secondary N) is 2. The third-order valence-corrected chi connectivity index (χ3v) is 8.99. The van der Waals surface area contributed by atoms with Gasteiger partial charge >= 0.3 is 0 Å². The van der Waals surface area contributed by atoms with Crippen molar-refractivity contribution >= 4 is 77.0 Å². The molecule has 8 nitrogen and oxygen atoms in total. The summed E-state index contributed by atoms with van der Waals surface area (Å²) < 4.78 is 1.71. The fourth-order valence-corrected chi connectivity index (χ4v) is 6.52. The van der Waals surface area contributed by atoms with Gasteiger partial charge in [-0.05, 0) is 66.7 Å². The van der Waals surface area contributed by atoms with Crippen molar-refractivity contribution in [3.63, 3.8) is 0 Å². The maximum absolute atomic E-state index is 13.1. The number of amides is 4. The van der Waals surface area contributed by atoms with Gasteiger partial charge in [0.15, 0.2) is 0 Å². The number of carbonyl (C=O) groups is 4. The number of nitrogens with zero attached hydrogens (tertiary/aromatic N) is 2. The zero-order chi connectivity index (χ0) is 28.7. The van der Waals surface area contributed by atoms with E-state index in [1.54, 1.807) is 24.3 Å². The van der Waals surface area contributed by atoms with Crippen LogP contribution in [0, 0.1) is 0 Å². The molecule has 4 amide bonds. The predicted octanol–water partition coefficient (Wildman–Crippen LogP) is 4.98.